The number of hydrogen-bond donors (Lipinski definition) is 1. The summed E-state index contributed by atoms with van der Waals surface area (Å²) >= 11 is 0. The molecular formula is C20H25FN2. The van der Waals surface area contributed by atoms with Gasteiger partial charge in [-0.2, -0.15) is 0 Å². The third kappa shape index (κ3) is 5.15. The highest BCUT2D eigenvalue weighted by molar-refractivity contribution is 5.23. The Morgan fingerprint density at radius 1 is 0.739 bits per heavy atom. The third-order valence-corrected chi connectivity index (χ3v) is 4.45. The minimum absolute atomic E-state index is 0.182. The van der Waals surface area contributed by atoms with E-state index in [1.54, 1.807) is 0 Å². The first kappa shape index (κ1) is 16.2. The van der Waals surface area contributed by atoms with Crippen molar-refractivity contribution in [3.05, 3.63) is 71.0 Å². The van der Waals surface area contributed by atoms with Gasteiger partial charge in [0.25, 0.3) is 0 Å². The Labute approximate surface area is 138 Å². The van der Waals surface area contributed by atoms with E-state index >= 15 is 0 Å². The smallest absolute Gasteiger partial charge is 0.123 e. The van der Waals surface area contributed by atoms with E-state index in [0.29, 0.717) is 0 Å². The lowest BCUT2D eigenvalue weighted by Gasteiger charge is -2.26. The van der Waals surface area contributed by atoms with Gasteiger partial charge in [0.05, 0.1) is 0 Å². The fourth-order valence-corrected chi connectivity index (χ4v) is 3.09. The zero-order chi connectivity index (χ0) is 15.9. The van der Waals surface area contributed by atoms with Crippen LogP contribution in [-0.2, 0) is 19.6 Å². The highest BCUT2D eigenvalue weighted by Gasteiger charge is 2.10. The first-order chi connectivity index (χ1) is 11.3. The highest BCUT2D eigenvalue weighted by atomic mass is 19.1. The summed E-state index contributed by atoms with van der Waals surface area (Å²) in [6.45, 7) is 5.14. The van der Waals surface area contributed by atoms with E-state index in [9.17, 15) is 4.39 Å². The normalized spacial score (nSPS) is 15.7. The van der Waals surface area contributed by atoms with Gasteiger partial charge >= 0.3 is 0 Å². The molecule has 1 fully saturated rings. The molecule has 1 saturated heterocycles. The van der Waals surface area contributed by atoms with Crippen LogP contribution in [-0.4, -0.2) is 18.0 Å². The van der Waals surface area contributed by atoms with E-state index < -0.39 is 0 Å². The lowest BCUT2D eigenvalue weighted by atomic mass is 10.1. The first-order valence-corrected chi connectivity index (χ1v) is 8.55. The summed E-state index contributed by atoms with van der Waals surface area (Å²) in [5.74, 6) is -0.182. The van der Waals surface area contributed by atoms with Crippen LogP contribution in [0.1, 0.15) is 36.0 Å². The van der Waals surface area contributed by atoms with Crippen LogP contribution >= 0.6 is 0 Å². The molecule has 0 spiro atoms. The molecule has 122 valence electrons. The fraction of sp³-hybridized carbons (Fsp3) is 0.400. The SMILES string of the molecule is Fc1ccc(CNCc2ccc(CN3CCCCC3)cc2)cc1. The summed E-state index contributed by atoms with van der Waals surface area (Å²) in [6.07, 6.45) is 4.06. The quantitative estimate of drug-likeness (QED) is 0.864. The van der Waals surface area contributed by atoms with Crippen LogP contribution in [0.3, 0.4) is 0 Å². The predicted octanol–water partition coefficient (Wildman–Crippen LogP) is 4.10. The van der Waals surface area contributed by atoms with E-state index in [-0.39, 0.29) is 5.82 Å². The second-order valence-electron chi connectivity index (χ2n) is 6.38. The summed E-state index contributed by atoms with van der Waals surface area (Å²) in [4.78, 5) is 2.55. The first-order valence-electron chi connectivity index (χ1n) is 8.55. The number of rotatable bonds is 6. The van der Waals surface area contributed by atoms with Crippen molar-refractivity contribution < 1.29 is 4.39 Å². The maximum atomic E-state index is 12.9. The molecule has 1 N–H and O–H groups in total. The maximum Gasteiger partial charge on any atom is 0.123 e. The molecule has 2 nitrogen and oxygen atoms in total. The van der Waals surface area contributed by atoms with Crippen LogP contribution in [0.15, 0.2) is 48.5 Å². The summed E-state index contributed by atoms with van der Waals surface area (Å²) < 4.78 is 12.9. The summed E-state index contributed by atoms with van der Waals surface area (Å²) in [7, 11) is 0. The van der Waals surface area contributed by atoms with Crippen LogP contribution < -0.4 is 5.32 Å². The molecule has 0 saturated carbocycles. The monoisotopic (exact) mass is 312 g/mol. The fourth-order valence-electron chi connectivity index (χ4n) is 3.09. The molecule has 0 aromatic heterocycles. The molecule has 3 heteroatoms. The Balaban J connectivity index is 1.44. The number of hydrogen-bond acceptors (Lipinski definition) is 2. The Morgan fingerprint density at radius 2 is 1.26 bits per heavy atom. The molecule has 0 amide bonds. The van der Waals surface area contributed by atoms with Crippen LogP contribution in [0.4, 0.5) is 4.39 Å². The maximum absolute atomic E-state index is 12.9. The topological polar surface area (TPSA) is 15.3 Å². The predicted molar refractivity (Wildman–Crippen MR) is 92.5 cm³/mol. The van der Waals surface area contributed by atoms with Gasteiger partial charge in [-0.3, -0.25) is 4.90 Å². The summed E-state index contributed by atoms with van der Waals surface area (Å²) in [5.41, 5.74) is 3.79. The summed E-state index contributed by atoms with van der Waals surface area (Å²) in [5, 5.41) is 3.41. The van der Waals surface area contributed by atoms with Crippen molar-refractivity contribution in [1.82, 2.24) is 10.2 Å². The summed E-state index contributed by atoms with van der Waals surface area (Å²) in [6, 6.07) is 15.5. The molecule has 3 rings (SSSR count). The van der Waals surface area contributed by atoms with Gasteiger partial charge in [-0.25, -0.2) is 4.39 Å². The van der Waals surface area contributed by atoms with E-state index in [4.69, 9.17) is 0 Å². The molecule has 1 aliphatic heterocycles. The minimum atomic E-state index is -0.182. The van der Waals surface area contributed by atoms with Crippen LogP contribution in [0.25, 0.3) is 0 Å². The zero-order valence-electron chi connectivity index (χ0n) is 13.6. The van der Waals surface area contributed by atoms with Gasteiger partial charge in [0.1, 0.15) is 5.82 Å². The molecule has 0 aliphatic carbocycles. The molecule has 1 aliphatic rings. The van der Waals surface area contributed by atoms with Crippen molar-refractivity contribution in [2.24, 2.45) is 0 Å². The Hall–Kier alpha value is -1.71. The van der Waals surface area contributed by atoms with Crippen molar-refractivity contribution in [2.75, 3.05) is 13.1 Å². The van der Waals surface area contributed by atoms with Crippen LogP contribution in [0.2, 0.25) is 0 Å². The van der Waals surface area contributed by atoms with Crippen LogP contribution in [0.5, 0.6) is 0 Å². The number of benzene rings is 2. The van der Waals surface area contributed by atoms with Gasteiger partial charge in [-0.15, -0.1) is 0 Å². The second-order valence-corrected chi connectivity index (χ2v) is 6.38. The van der Waals surface area contributed by atoms with E-state index in [1.807, 2.05) is 12.1 Å². The van der Waals surface area contributed by atoms with Crippen molar-refractivity contribution in [3.63, 3.8) is 0 Å². The van der Waals surface area contributed by atoms with E-state index in [2.05, 4.69) is 34.5 Å². The average molecular weight is 312 g/mol. The van der Waals surface area contributed by atoms with Crippen molar-refractivity contribution in [1.29, 1.82) is 0 Å². The molecule has 2 aromatic rings. The van der Waals surface area contributed by atoms with Crippen molar-refractivity contribution in [2.45, 2.75) is 38.9 Å². The van der Waals surface area contributed by atoms with Gasteiger partial charge in [0, 0.05) is 19.6 Å². The number of nitrogens with one attached hydrogen (secondary N) is 1. The van der Waals surface area contributed by atoms with Crippen LogP contribution in [0, 0.1) is 5.82 Å². The van der Waals surface area contributed by atoms with Crippen molar-refractivity contribution in [3.8, 4) is 0 Å². The van der Waals surface area contributed by atoms with Gasteiger partial charge in [-0.05, 0) is 54.8 Å². The van der Waals surface area contributed by atoms with Crippen molar-refractivity contribution >= 4 is 0 Å². The van der Waals surface area contributed by atoms with Gasteiger partial charge in [0.2, 0.25) is 0 Å². The number of nitrogens with zero attached hydrogens (tertiary/aromatic N) is 1. The largest absolute Gasteiger partial charge is 0.309 e. The zero-order valence-corrected chi connectivity index (χ0v) is 13.6. The number of halogens is 1. The molecule has 23 heavy (non-hydrogen) atoms. The third-order valence-electron chi connectivity index (χ3n) is 4.45. The van der Waals surface area contributed by atoms with Gasteiger partial charge < -0.3 is 5.32 Å². The Morgan fingerprint density at radius 3 is 1.87 bits per heavy atom. The Bertz CT molecular complexity index is 586. The average Bonchev–Trinajstić information content (AvgIpc) is 2.59. The molecular weight excluding hydrogens is 287 g/mol. The standard InChI is InChI=1S/C20H25FN2/c21-20-10-8-18(9-11-20)15-22-14-17-4-6-19(7-5-17)16-23-12-2-1-3-13-23/h4-11,22H,1-3,12-16H2. The molecule has 0 unspecified atom stereocenters. The molecule has 2 aromatic carbocycles. The molecule has 0 atom stereocenters. The number of likely N-dealkylation sites (tertiary alicyclic amines) is 1. The highest BCUT2D eigenvalue weighted by Crippen LogP contribution is 2.13. The number of piperidine rings is 1. The lowest BCUT2D eigenvalue weighted by Crippen LogP contribution is -2.29. The molecule has 1 heterocycles. The second kappa shape index (κ2) is 8.23. The minimum Gasteiger partial charge on any atom is -0.309 e. The molecule has 0 radical (unpaired) electrons. The van der Waals surface area contributed by atoms with Gasteiger partial charge in [-0.1, -0.05) is 42.8 Å². The molecule has 0 bridgehead atoms. The van der Waals surface area contributed by atoms with E-state index in [0.717, 1.165) is 25.2 Å². The lowest BCUT2D eigenvalue weighted by molar-refractivity contribution is 0.221. The Kier molecular flexibility index (Phi) is 5.78. The van der Waals surface area contributed by atoms with E-state index in [1.165, 1.54) is 55.6 Å². The van der Waals surface area contributed by atoms with Gasteiger partial charge in [0.15, 0.2) is 0 Å².